The van der Waals surface area contributed by atoms with Crippen LogP contribution in [-0.4, -0.2) is 50.2 Å². The van der Waals surface area contributed by atoms with Crippen LogP contribution in [0.4, 0.5) is 0 Å². The Morgan fingerprint density at radius 2 is 1.90 bits per heavy atom. The molecule has 122 valence electrons. The van der Waals surface area contributed by atoms with E-state index in [9.17, 15) is 4.79 Å². The highest BCUT2D eigenvalue weighted by Gasteiger charge is 2.47. The van der Waals surface area contributed by atoms with Crippen molar-refractivity contribution in [3.8, 4) is 0 Å². The van der Waals surface area contributed by atoms with E-state index >= 15 is 0 Å². The van der Waals surface area contributed by atoms with Crippen LogP contribution in [0.25, 0.3) is 0 Å². The number of halogens is 1. The second-order valence-electron chi connectivity index (χ2n) is 6.87. The zero-order valence-electron chi connectivity index (χ0n) is 13.1. The van der Waals surface area contributed by atoms with Gasteiger partial charge >= 0.3 is 0 Å². The second-order valence-corrected chi connectivity index (χ2v) is 6.87. The summed E-state index contributed by atoms with van der Waals surface area (Å²) in [5.74, 6) is 0.668. The van der Waals surface area contributed by atoms with E-state index in [4.69, 9.17) is 4.74 Å². The Morgan fingerprint density at radius 3 is 2.62 bits per heavy atom. The van der Waals surface area contributed by atoms with Gasteiger partial charge in [0.1, 0.15) is 0 Å². The van der Waals surface area contributed by atoms with Crippen LogP contribution in [0.2, 0.25) is 0 Å². The van der Waals surface area contributed by atoms with Gasteiger partial charge in [0.2, 0.25) is 5.91 Å². The molecule has 0 aromatic carbocycles. The van der Waals surface area contributed by atoms with Gasteiger partial charge in [0.15, 0.2) is 0 Å². The van der Waals surface area contributed by atoms with Gasteiger partial charge in [-0.3, -0.25) is 4.79 Å². The predicted octanol–water partition coefficient (Wildman–Crippen LogP) is 2.22. The number of likely N-dealkylation sites (tertiary alicyclic amines) is 1. The number of nitrogens with zero attached hydrogens (tertiary/aromatic N) is 1. The lowest BCUT2D eigenvalue weighted by Crippen LogP contribution is -2.52. The summed E-state index contributed by atoms with van der Waals surface area (Å²) in [5.41, 5.74) is 0.260. The first-order valence-corrected chi connectivity index (χ1v) is 8.27. The van der Waals surface area contributed by atoms with Gasteiger partial charge < -0.3 is 15.0 Å². The maximum atomic E-state index is 12.7. The third-order valence-electron chi connectivity index (χ3n) is 5.72. The van der Waals surface area contributed by atoms with E-state index in [1.807, 2.05) is 7.11 Å². The molecular formula is C16H29ClN2O2. The Morgan fingerprint density at radius 1 is 1.19 bits per heavy atom. The predicted molar refractivity (Wildman–Crippen MR) is 85.7 cm³/mol. The molecule has 1 saturated carbocycles. The Hall–Kier alpha value is -0.320. The summed E-state index contributed by atoms with van der Waals surface area (Å²) in [6.45, 7) is 3.89. The number of nitrogens with one attached hydrogen (secondary N) is 1. The maximum absolute atomic E-state index is 12.7. The molecule has 2 saturated heterocycles. The van der Waals surface area contributed by atoms with Crippen LogP contribution in [-0.2, 0) is 9.53 Å². The van der Waals surface area contributed by atoms with Gasteiger partial charge in [0.05, 0.1) is 6.10 Å². The minimum absolute atomic E-state index is 0. The van der Waals surface area contributed by atoms with Crippen molar-refractivity contribution in [1.29, 1.82) is 0 Å². The number of carbonyl (C=O) groups is 1. The number of ether oxygens (including phenoxy) is 1. The Bertz CT molecular complexity index is 360. The van der Waals surface area contributed by atoms with Crippen LogP contribution in [0.5, 0.6) is 0 Å². The molecule has 2 aliphatic heterocycles. The summed E-state index contributed by atoms with van der Waals surface area (Å²) >= 11 is 0. The molecule has 0 radical (unpaired) electrons. The van der Waals surface area contributed by atoms with E-state index in [-0.39, 0.29) is 23.7 Å². The average Bonchev–Trinajstić information content (AvgIpc) is 2.89. The van der Waals surface area contributed by atoms with E-state index in [0.717, 1.165) is 45.4 Å². The lowest BCUT2D eigenvalue weighted by atomic mass is 9.76. The monoisotopic (exact) mass is 316 g/mol. The fourth-order valence-corrected chi connectivity index (χ4v) is 4.62. The first-order valence-electron chi connectivity index (χ1n) is 8.27. The topological polar surface area (TPSA) is 41.6 Å². The molecular weight excluding hydrogens is 288 g/mol. The number of carbonyl (C=O) groups excluding carboxylic acids is 1. The van der Waals surface area contributed by atoms with E-state index in [1.54, 1.807) is 0 Å². The third kappa shape index (κ3) is 3.38. The fraction of sp³-hybridized carbons (Fsp3) is 0.938. The number of rotatable bonds is 2. The number of amides is 1. The average molecular weight is 317 g/mol. The molecule has 1 N–H and O–H groups in total. The number of hydrogen-bond acceptors (Lipinski definition) is 3. The minimum Gasteiger partial charge on any atom is -0.381 e. The molecule has 5 heteroatoms. The molecule has 2 heterocycles. The van der Waals surface area contributed by atoms with Crippen molar-refractivity contribution in [1.82, 2.24) is 10.2 Å². The highest BCUT2D eigenvalue weighted by molar-refractivity contribution is 5.85. The largest absolute Gasteiger partial charge is 0.381 e. The summed E-state index contributed by atoms with van der Waals surface area (Å²) in [4.78, 5) is 14.9. The van der Waals surface area contributed by atoms with Crippen LogP contribution in [0.1, 0.15) is 44.9 Å². The van der Waals surface area contributed by atoms with Gasteiger partial charge in [-0.25, -0.2) is 0 Å². The first kappa shape index (κ1) is 17.0. The lowest BCUT2D eigenvalue weighted by Gasteiger charge is -2.44. The molecule has 0 aromatic heterocycles. The Balaban J connectivity index is 0.00000161. The molecule has 21 heavy (non-hydrogen) atoms. The van der Waals surface area contributed by atoms with E-state index < -0.39 is 0 Å². The van der Waals surface area contributed by atoms with Gasteiger partial charge in [-0.05, 0) is 51.6 Å². The smallest absolute Gasteiger partial charge is 0.225 e. The summed E-state index contributed by atoms with van der Waals surface area (Å²) in [5, 5.41) is 3.35. The highest BCUT2D eigenvalue weighted by Crippen LogP contribution is 2.46. The van der Waals surface area contributed by atoms with E-state index in [1.165, 1.54) is 25.7 Å². The molecule has 2 atom stereocenters. The lowest BCUT2D eigenvalue weighted by molar-refractivity contribution is -0.142. The van der Waals surface area contributed by atoms with Crippen LogP contribution in [0, 0.1) is 11.3 Å². The van der Waals surface area contributed by atoms with E-state index in [2.05, 4.69) is 10.2 Å². The molecule has 3 aliphatic rings. The highest BCUT2D eigenvalue weighted by atomic mass is 35.5. The van der Waals surface area contributed by atoms with Gasteiger partial charge in [-0.1, -0.05) is 6.42 Å². The van der Waals surface area contributed by atoms with Crippen LogP contribution < -0.4 is 5.32 Å². The molecule has 4 nitrogen and oxygen atoms in total. The zero-order valence-corrected chi connectivity index (χ0v) is 13.9. The number of piperidine rings is 2. The second kappa shape index (κ2) is 7.30. The van der Waals surface area contributed by atoms with Gasteiger partial charge in [0, 0.05) is 31.5 Å². The summed E-state index contributed by atoms with van der Waals surface area (Å²) in [6, 6.07) is 0. The van der Waals surface area contributed by atoms with Crippen molar-refractivity contribution < 1.29 is 9.53 Å². The van der Waals surface area contributed by atoms with E-state index in [0.29, 0.717) is 12.0 Å². The Kier molecular flexibility index (Phi) is 5.92. The fourth-order valence-electron chi connectivity index (χ4n) is 4.62. The maximum Gasteiger partial charge on any atom is 0.225 e. The number of methoxy groups -OCH3 is 1. The quantitative estimate of drug-likeness (QED) is 0.849. The molecule has 0 bridgehead atoms. The van der Waals surface area contributed by atoms with Gasteiger partial charge in [0.25, 0.3) is 0 Å². The molecule has 3 fully saturated rings. The molecule has 1 aliphatic carbocycles. The number of hydrogen-bond donors (Lipinski definition) is 1. The minimum atomic E-state index is 0. The van der Waals surface area contributed by atoms with Crippen LogP contribution in [0.15, 0.2) is 0 Å². The molecule has 0 unspecified atom stereocenters. The first-order chi connectivity index (χ1) is 9.75. The van der Waals surface area contributed by atoms with Crippen molar-refractivity contribution in [2.24, 2.45) is 11.3 Å². The summed E-state index contributed by atoms with van der Waals surface area (Å²) in [7, 11) is 1.84. The van der Waals surface area contributed by atoms with Crippen molar-refractivity contribution in [3.05, 3.63) is 0 Å². The zero-order chi connectivity index (χ0) is 14.0. The van der Waals surface area contributed by atoms with Crippen molar-refractivity contribution in [2.45, 2.75) is 51.0 Å². The van der Waals surface area contributed by atoms with Crippen molar-refractivity contribution in [2.75, 3.05) is 33.3 Å². The normalized spacial score (nSPS) is 34.0. The Labute approximate surface area is 134 Å². The van der Waals surface area contributed by atoms with Crippen LogP contribution >= 0.6 is 12.4 Å². The summed E-state index contributed by atoms with van der Waals surface area (Å²) in [6.07, 6.45) is 8.44. The van der Waals surface area contributed by atoms with Gasteiger partial charge in [-0.2, -0.15) is 0 Å². The third-order valence-corrected chi connectivity index (χ3v) is 5.72. The van der Waals surface area contributed by atoms with Crippen molar-refractivity contribution in [3.63, 3.8) is 0 Å². The molecule has 1 amide bonds. The molecule has 3 rings (SSSR count). The summed E-state index contributed by atoms with van der Waals surface area (Å²) < 4.78 is 5.73. The molecule has 1 spiro atoms. The molecule has 0 aromatic rings. The van der Waals surface area contributed by atoms with Gasteiger partial charge in [-0.15, -0.1) is 12.4 Å². The van der Waals surface area contributed by atoms with Crippen molar-refractivity contribution >= 4 is 18.3 Å². The standard InChI is InChI=1S/C16H28N2O2.ClH/c1-20-14-4-2-7-16(14)8-3-11-18(12-16)15(19)13-5-9-17-10-6-13;/h13-14,17H,2-12H2,1H3;1H/t14-,16-;/m1./s1. The SMILES string of the molecule is CO[C@@H]1CCC[C@]12CCCN(C(=O)C1CCNCC1)C2.Cl. The van der Waals surface area contributed by atoms with Crippen LogP contribution in [0.3, 0.4) is 0 Å².